The van der Waals surface area contributed by atoms with Crippen LogP contribution >= 0.6 is 0 Å². The molecule has 2 aliphatic carbocycles. The van der Waals surface area contributed by atoms with Gasteiger partial charge in [0.05, 0.1) is 12.2 Å². The number of rotatable bonds is 7. The molecule has 1 saturated carbocycles. The molecule has 168 valence electrons. The highest BCUT2D eigenvalue weighted by atomic mass is 32.2. The van der Waals surface area contributed by atoms with Crippen LogP contribution in [0.25, 0.3) is 6.08 Å². The quantitative estimate of drug-likeness (QED) is 0.489. The molecule has 0 aromatic heterocycles. The van der Waals surface area contributed by atoms with Crippen LogP contribution in [0, 0.1) is 11.3 Å². The molecule has 0 heterocycles. The third kappa shape index (κ3) is 5.01. The number of ether oxygens (including phenoxy) is 2. The Morgan fingerprint density at radius 1 is 1.29 bits per heavy atom. The first kappa shape index (κ1) is 23.1. The van der Waals surface area contributed by atoms with Crippen LogP contribution < -0.4 is 0 Å². The number of carbonyl (C=O) groups is 2. The second kappa shape index (κ2) is 8.51. The Morgan fingerprint density at radius 3 is 2.58 bits per heavy atom. The van der Waals surface area contributed by atoms with Crippen molar-refractivity contribution in [2.45, 2.75) is 37.4 Å². The maximum atomic E-state index is 13.5. The van der Waals surface area contributed by atoms with Crippen LogP contribution in [-0.4, -0.2) is 36.8 Å². The molecule has 0 amide bonds. The van der Waals surface area contributed by atoms with Crippen LogP contribution in [0.4, 0.5) is 8.78 Å². The van der Waals surface area contributed by atoms with Gasteiger partial charge in [-0.25, -0.2) is 9.59 Å². The van der Waals surface area contributed by atoms with Gasteiger partial charge in [-0.2, -0.15) is 17.2 Å². The van der Waals surface area contributed by atoms with Gasteiger partial charge in [0.15, 0.2) is 0 Å². The number of allylic oxidation sites excluding steroid dienone is 2. The van der Waals surface area contributed by atoms with Crippen LogP contribution in [0.5, 0.6) is 0 Å². The summed E-state index contributed by atoms with van der Waals surface area (Å²) in [5.74, 6) is -2.55. The lowest BCUT2D eigenvalue weighted by Gasteiger charge is -2.43. The SMILES string of the molecule is C=Cc1ccc(C(=O)OC2=CC3CCCC(COC(=O)C(F)(F)S(=O)(=O)O)(C2)C3)cc1. The number of carbonyl (C=O) groups excluding carboxylic acids is 2. The summed E-state index contributed by atoms with van der Waals surface area (Å²) in [7, 11) is -5.93. The van der Waals surface area contributed by atoms with Crippen LogP contribution in [0.15, 0.2) is 42.7 Å². The number of esters is 2. The van der Waals surface area contributed by atoms with Crippen molar-refractivity contribution in [3.8, 4) is 0 Å². The summed E-state index contributed by atoms with van der Waals surface area (Å²) in [5.41, 5.74) is 0.409. The van der Waals surface area contributed by atoms with E-state index >= 15 is 0 Å². The number of hydrogen-bond acceptors (Lipinski definition) is 6. The van der Waals surface area contributed by atoms with E-state index < -0.39 is 39.3 Å². The minimum absolute atomic E-state index is 0.00854. The van der Waals surface area contributed by atoms with Crippen LogP contribution in [0.3, 0.4) is 0 Å². The zero-order chi connectivity index (χ0) is 22.9. The van der Waals surface area contributed by atoms with Crippen molar-refractivity contribution in [1.29, 1.82) is 0 Å². The van der Waals surface area contributed by atoms with Crippen molar-refractivity contribution in [2.24, 2.45) is 11.3 Å². The average Bonchev–Trinajstić information content (AvgIpc) is 2.71. The molecule has 2 bridgehead atoms. The van der Waals surface area contributed by atoms with Crippen molar-refractivity contribution < 1.29 is 40.8 Å². The van der Waals surface area contributed by atoms with Gasteiger partial charge < -0.3 is 9.47 Å². The normalized spacial score (nSPS) is 23.5. The molecule has 2 unspecified atom stereocenters. The summed E-state index contributed by atoms with van der Waals surface area (Å²) < 4.78 is 67.1. The molecule has 1 N–H and O–H groups in total. The summed E-state index contributed by atoms with van der Waals surface area (Å²) in [5, 5.41) is -5.05. The highest BCUT2D eigenvalue weighted by Crippen LogP contribution is 2.49. The van der Waals surface area contributed by atoms with Crippen LogP contribution in [0.2, 0.25) is 0 Å². The van der Waals surface area contributed by atoms with Gasteiger partial charge in [-0.1, -0.05) is 31.2 Å². The Bertz CT molecular complexity index is 1010. The summed E-state index contributed by atoms with van der Waals surface area (Å²) in [6, 6.07) is 6.62. The van der Waals surface area contributed by atoms with E-state index in [9.17, 15) is 26.8 Å². The summed E-state index contributed by atoms with van der Waals surface area (Å²) in [4.78, 5) is 24.1. The molecule has 0 spiro atoms. The van der Waals surface area contributed by atoms with Gasteiger partial charge in [-0.05, 0) is 49.0 Å². The van der Waals surface area contributed by atoms with Gasteiger partial charge in [0.1, 0.15) is 5.76 Å². The molecule has 7 nitrogen and oxygen atoms in total. The van der Waals surface area contributed by atoms with E-state index in [0.717, 1.165) is 18.4 Å². The van der Waals surface area contributed by atoms with Crippen LogP contribution in [0.1, 0.15) is 48.0 Å². The first-order valence-corrected chi connectivity index (χ1v) is 11.1. The second-order valence-electron chi connectivity index (χ2n) is 7.95. The Morgan fingerprint density at radius 2 is 1.97 bits per heavy atom. The summed E-state index contributed by atoms with van der Waals surface area (Å²) in [6.07, 6.45) is 6.22. The first-order valence-electron chi connectivity index (χ1n) is 9.63. The minimum Gasteiger partial charge on any atom is -0.460 e. The van der Waals surface area contributed by atoms with Crippen molar-refractivity contribution in [3.05, 3.63) is 53.8 Å². The molecule has 0 saturated heterocycles. The van der Waals surface area contributed by atoms with Gasteiger partial charge in [0.2, 0.25) is 0 Å². The predicted molar refractivity (Wildman–Crippen MR) is 106 cm³/mol. The molecular weight excluding hydrogens is 434 g/mol. The molecule has 1 fully saturated rings. The third-order valence-corrected chi connectivity index (χ3v) is 6.44. The maximum Gasteiger partial charge on any atom is 0.465 e. The monoisotopic (exact) mass is 456 g/mol. The summed E-state index contributed by atoms with van der Waals surface area (Å²) in [6.45, 7) is 3.17. The fourth-order valence-corrected chi connectivity index (χ4v) is 4.36. The third-order valence-electron chi connectivity index (χ3n) is 5.62. The first-order chi connectivity index (χ1) is 14.5. The molecule has 3 rings (SSSR count). The Hall–Kier alpha value is -2.59. The molecule has 2 aliphatic rings. The van der Waals surface area contributed by atoms with Gasteiger partial charge in [0.25, 0.3) is 0 Å². The minimum atomic E-state index is -5.93. The fourth-order valence-electron chi connectivity index (χ4n) is 4.09. The molecule has 0 radical (unpaired) electrons. The molecular formula is C21H22F2O7S. The van der Waals surface area contributed by atoms with E-state index in [1.54, 1.807) is 30.3 Å². The van der Waals surface area contributed by atoms with Gasteiger partial charge >= 0.3 is 27.3 Å². The zero-order valence-electron chi connectivity index (χ0n) is 16.6. The molecule has 2 atom stereocenters. The van der Waals surface area contributed by atoms with Crippen molar-refractivity contribution in [2.75, 3.05) is 6.61 Å². The highest BCUT2D eigenvalue weighted by Gasteiger charge is 2.55. The van der Waals surface area contributed by atoms with Crippen molar-refractivity contribution in [3.63, 3.8) is 0 Å². The average molecular weight is 456 g/mol. The van der Waals surface area contributed by atoms with Crippen molar-refractivity contribution in [1.82, 2.24) is 0 Å². The van der Waals surface area contributed by atoms with Gasteiger partial charge in [-0.3, -0.25) is 4.55 Å². The Kier molecular flexibility index (Phi) is 6.33. The second-order valence-corrected chi connectivity index (χ2v) is 9.41. The smallest absolute Gasteiger partial charge is 0.460 e. The fraction of sp³-hybridized carbons (Fsp3) is 0.429. The number of alkyl halides is 2. The molecule has 1 aromatic rings. The number of benzene rings is 1. The molecule has 0 aliphatic heterocycles. The van der Waals surface area contributed by atoms with E-state index in [0.29, 0.717) is 24.2 Å². The van der Waals surface area contributed by atoms with Crippen LogP contribution in [-0.2, 0) is 24.4 Å². The molecule has 1 aromatic carbocycles. The van der Waals surface area contributed by atoms with E-state index in [1.807, 2.05) is 6.08 Å². The Labute approximate surface area is 178 Å². The highest BCUT2D eigenvalue weighted by molar-refractivity contribution is 7.87. The number of fused-ring (bicyclic) bond motifs is 2. The summed E-state index contributed by atoms with van der Waals surface area (Å²) >= 11 is 0. The van der Waals surface area contributed by atoms with E-state index in [-0.39, 0.29) is 12.3 Å². The van der Waals surface area contributed by atoms with E-state index in [4.69, 9.17) is 9.29 Å². The van der Waals surface area contributed by atoms with Crippen molar-refractivity contribution >= 4 is 28.1 Å². The lowest BCUT2D eigenvalue weighted by molar-refractivity contribution is -0.166. The number of hydrogen-bond donors (Lipinski definition) is 1. The molecule has 31 heavy (non-hydrogen) atoms. The lowest BCUT2D eigenvalue weighted by atomic mass is 9.64. The largest absolute Gasteiger partial charge is 0.465 e. The van der Waals surface area contributed by atoms with Gasteiger partial charge in [-0.15, -0.1) is 0 Å². The lowest BCUT2D eigenvalue weighted by Crippen LogP contribution is -2.43. The van der Waals surface area contributed by atoms with E-state index in [1.165, 1.54) is 0 Å². The van der Waals surface area contributed by atoms with E-state index in [2.05, 4.69) is 11.3 Å². The Balaban J connectivity index is 1.70. The topological polar surface area (TPSA) is 107 Å². The molecule has 10 heteroatoms. The standard InChI is InChI=1S/C21H22F2O7S/c1-2-14-5-7-16(8-6-14)18(24)30-17-10-15-4-3-9-20(11-15,12-17)13-29-19(25)21(22,23)31(26,27)28/h2,5-8,10,15H,1,3-4,9,11-13H2,(H,26,27,28). The number of halogens is 2. The zero-order valence-corrected chi connectivity index (χ0v) is 17.4. The van der Waals surface area contributed by atoms with Gasteiger partial charge in [0, 0.05) is 11.8 Å². The maximum absolute atomic E-state index is 13.5. The predicted octanol–water partition coefficient (Wildman–Crippen LogP) is 3.97.